The number of nitrogens with zero attached hydrogens (tertiary/aromatic N) is 2. The molecule has 0 spiro atoms. The van der Waals surface area contributed by atoms with E-state index >= 15 is 0 Å². The molecule has 7 heteroatoms. The fourth-order valence-corrected chi connectivity index (χ4v) is 3.61. The Morgan fingerprint density at radius 3 is 2.00 bits per heavy atom. The average Bonchev–Trinajstić information content (AvgIpc) is 2.79. The molecule has 162 valence electrons. The van der Waals surface area contributed by atoms with Gasteiger partial charge in [0.05, 0.1) is 27.9 Å². The molecule has 1 aliphatic heterocycles. The van der Waals surface area contributed by atoms with E-state index in [1.54, 1.807) is 33.5 Å². The lowest BCUT2D eigenvalue weighted by atomic mass is 10.1. The molecule has 0 unspecified atom stereocenters. The Morgan fingerprint density at radius 1 is 0.900 bits per heavy atom. The fraction of sp³-hybridized carbons (Fsp3) is 0.435. The standard InChI is InChI=1S/C23H30N2O5/c1-5-30-19-8-6-17(7-9-19)16-24-10-12-25(13-11-24)23(26)18-14-20(27-2)22(29-4)21(15-18)28-3/h6-9,14-15H,5,10-13,16H2,1-4H3. The lowest BCUT2D eigenvalue weighted by Crippen LogP contribution is -2.48. The Kier molecular flexibility index (Phi) is 7.41. The summed E-state index contributed by atoms with van der Waals surface area (Å²) in [6.45, 7) is 6.50. The van der Waals surface area contributed by atoms with E-state index in [1.165, 1.54) is 5.56 Å². The van der Waals surface area contributed by atoms with E-state index in [0.29, 0.717) is 42.5 Å². The van der Waals surface area contributed by atoms with Crippen molar-refractivity contribution in [2.45, 2.75) is 13.5 Å². The first-order valence-corrected chi connectivity index (χ1v) is 10.1. The van der Waals surface area contributed by atoms with Crippen molar-refractivity contribution in [1.82, 2.24) is 9.80 Å². The highest BCUT2D eigenvalue weighted by Crippen LogP contribution is 2.38. The topological polar surface area (TPSA) is 60.5 Å². The smallest absolute Gasteiger partial charge is 0.254 e. The normalized spacial score (nSPS) is 14.3. The summed E-state index contributed by atoms with van der Waals surface area (Å²) in [6, 6.07) is 11.6. The van der Waals surface area contributed by atoms with Crippen LogP contribution in [-0.2, 0) is 6.54 Å². The molecule has 1 aliphatic rings. The van der Waals surface area contributed by atoms with Gasteiger partial charge in [-0.05, 0) is 36.8 Å². The van der Waals surface area contributed by atoms with Gasteiger partial charge in [0.2, 0.25) is 5.75 Å². The van der Waals surface area contributed by atoms with Gasteiger partial charge < -0.3 is 23.8 Å². The predicted molar refractivity (Wildman–Crippen MR) is 115 cm³/mol. The summed E-state index contributed by atoms with van der Waals surface area (Å²) in [7, 11) is 4.64. The zero-order chi connectivity index (χ0) is 21.5. The molecule has 1 fully saturated rings. The molecule has 1 heterocycles. The maximum Gasteiger partial charge on any atom is 0.254 e. The van der Waals surface area contributed by atoms with Crippen LogP contribution in [0, 0.1) is 0 Å². The van der Waals surface area contributed by atoms with E-state index in [0.717, 1.165) is 25.4 Å². The minimum absolute atomic E-state index is 0.0324. The highest BCUT2D eigenvalue weighted by molar-refractivity contribution is 5.95. The molecule has 0 aromatic heterocycles. The SMILES string of the molecule is CCOc1ccc(CN2CCN(C(=O)c3cc(OC)c(OC)c(OC)c3)CC2)cc1. The lowest BCUT2D eigenvalue weighted by Gasteiger charge is -2.35. The molecular weight excluding hydrogens is 384 g/mol. The van der Waals surface area contributed by atoms with Crippen LogP contribution in [0.5, 0.6) is 23.0 Å². The van der Waals surface area contributed by atoms with Crippen molar-refractivity contribution in [3.63, 3.8) is 0 Å². The van der Waals surface area contributed by atoms with Crippen molar-refractivity contribution >= 4 is 5.91 Å². The fourth-order valence-electron chi connectivity index (χ4n) is 3.61. The van der Waals surface area contributed by atoms with Crippen LogP contribution >= 0.6 is 0 Å². The van der Waals surface area contributed by atoms with E-state index in [2.05, 4.69) is 17.0 Å². The monoisotopic (exact) mass is 414 g/mol. The number of ether oxygens (including phenoxy) is 4. The minimum atomic E-state index is -0.0324. The van der Waals surface area contributed by atoms with Gasteiger partial charge in [-0.25, -0.2) is 0 Å². The largest absolute Gasteiger partial charge is 0.494 e. The van der Waals surface area contributed by atoms with Crippen molar-refractivity contribution in [2.75, 3.05) is 54.1 Å². The third-order valence-electron chi connectivity index (χ3n) is 5.21. The molecule has 0 saturated carbocycles. The van der Waals surface area contributed by atoms with E-state index in [-0.39, 0.29) is 5.91 Å². The quantitative estimate of drug-likeness (QED) is 0.662. The van der Waals surface area contributed by atoms with Crippen molar-refractivity contribution < 1.29 is 23.7 Å². The van der Waals surface area contributed by atoms with Crippen LogP contribution in [0.25, 0.3) is 0 Å². The number of piperazine rings is 1. The summed E-state index contributed by atoms with van der Waals surface area (Å²) in [5, 5.41) is 0. The van der Waals surface area contributed by atoms with Gasteiger partial charge in [-0.2, -0.15) is 0 Å². The van der Waals surface area contributed by atoms with Gasteiger partial charge in [-0.3, -0.25) is 9.69 Å². The first kappa shape index (κ1) is 21.8. The Labute approximate surface area is 178 Å². The van der Waals surface area contributed by atoms with E-state index < -0.39 is 0 Å². The molecule has 1 amide bonds. The van der Waals surface area contributed by atoms with Gasteiger partial charge >= 0.3 is 0 Å². The van der Waals surface area contributed by atoms with Gasteiger partial charge in [0.15, 0.2) is 11.5 Å². The number of benzene rings is 2. The van der Waals surface area contributed by atoms with E-state index in [9.17, 15) is 4.79 Å². The molecule has 2 aromatic rings. The van der Waals surface area contributed by atoms with Gasteiger partial charge in [-0.15, -0.1) is 0 Å². The number of carbonyl (C=O) groups is 1. The number of amides is 1. The van der Waals surface area contributed by atoms with Gasteiger partial charge in [-0.1, -0.05) is 12.1 Å². The van der Waals surface area contributed by atoms with Crippen LogP contribution < -0.4 is 18.9 Å². The van der Waals surface area contributed by atoms with Crippen LogP contribution in [0.2, 0.25) is 0 Å². The first-order chi connectivity index (χ1) is 14.6. The Balaban J connectivity index is 1.61. The summed E-state index contributed by atoms with van der Waals surface area (Å²) < 4.78 is 21.6. The second-order valence-corrected chi connectivity index (χ2v) is 7.06. The maximum atomic E-state index is 13.0. The lowest BCUT2D eigenvalue weighted by molar-refractivity contribution is 0.0627. The third kappa shape index (κ3) is 4.97. The highest BCUT2D eigenvalue weighted by Gasteiger charge is 2.24. The van der Waals surface area contributed by atoms with Crippen LogP contribution in [0.3, 0.4) is 0 Å². The maximum absolute atomic E-state index is 13.0. The Hall–Kier alpha value is -2.93. The molecule has 0 atom stereocenters. The van der Waals surface area contributed by atoms with Crippen molar-refractivity contribution in [1.29, 1.82) is 0 Å². The first-order valence-electron chi connectivity index (χ1n) is 10.1. The molecular formula is C23H30N2O5. The second kappa shape index (κ2) is 10.2. The molecule has 0 aliphatic carbocycles. The number of hydrogen-bond donors (Lipinski definition) is 0. The summed E-state index contributed by atoms with van der Waals surface area (Å²) >= 11 is 0. The molecule has 0 N–H and O–H groups in total. The van der Waals surface area contributed by atoms with Gasteiger partial charge in [0.1, 0.15) is 5.75 Å². The molecule has 0 radical (unpaired) electrons. The molecule has 30 heavy (non-hydrogen) atoms. The Morgan fingerprint density at radius 2 is 1.50 bits per heavy atom. The van der Waals surface area contributed by atoms with E-state index in [4.69, 9.17) is 18.9 Å². The van der Waals surface area contributed by atoms with Crippen LogP contribution in [0.1, 0.15) is 22.8 Å². The summed E-state index contributed by atoms with van der Waals surface area (Å²) in [4.78, 5) is 17.3. The number of rotatable bonds is 8. The summed E-state index contributed by atoms with van der Waals surface area (Å²) in [5.74, 6) is 2.30. The summed E-state index contributed by atoms with van der Waals surface area (Å²) in [5.41, 5.74) is 1.77. The number of carbonyl (C=O) groups excluding carboxylic acids is 1. The number of hydrogen-bond acceptors (Lipinski definition) is 6. The zero-order valence-electron chi connectivity index (χ0n) is 18.1. The zero-order valence-corrected chi connectivity index (χ0v) is 18.1. The van der Waals surface area contributed by atoms with Crippen LogP contribution in [0.15, 0.2) is 36.4 Å². The molecule has 1 saturated heterocycles. The average molecular weight is 415 g/mol. The van der Waals surface area contributed by atoms with Crippen molar-refractivity contribution in [3.8, 4) is 23.0 Å². The predicted octanol–water partition coefficient (Wildman–Crippen LogP) is 3.07. The van der Waals surface area contributed by atoms with Gasteiger partial charge in [0.25, 0.3) is 5.91 Å². The van der Waals surface area contributed by atoms with Crippen molar-refractivity contribution in [3.05, 3.63) is 47.5 Å². The van der Waals surface area contributed by atoms with Crippen LogP contribution in [-0.4, -0.2) is 69.8 Å². The highest BCUT2D eigenvalue weighted by atomic mass is 16.5. The van der Waals surface area contributed by atoms with Crippen molar-refractivity contribution in [2.24, 2.45) is 0 Å². The summed E-state index contributed by atoms with van der Waals surface area (Å²) in [6.07, 6.45) is 0. The minimum Gasteiger partial charge on any atom is -0.494 e. The van der Waals surface area contributed by atoms with E-state index in [1.807, 2.05) is 24.0 Å². The molecule has 3 rings (SSSR count). The van der Waals surface area contributed by atoms with Gasteiger partial charge in [0, 0.05) is 38.3 Å². The molecule has 2 aromatic carbocycles. The Bertz CT molecular complexity index is 820. The third-order valence-corrected chi connectivity index (χ3v) is 5.21. The molecule has 7 nitrogen and oxygen atoms in total. The number of methoxy groups -OCH3 is 3. The molecule has 0 bridgehead atoms. The second-order valence-electron chi connectivity index (χ2n) is 7.06. The van der Waals surface area contributed by atoms with Crippen LogP contribution in [0.4, 0.5) is 0 Å².